The maximum Gasteiger partial charge on any atom is 0.236 e. The van der Waals surface area contributed by atoms with Crippen molar-refractivity contribution in [3.63, 3.8) is 0 Å². The van der Waals surface area contributed by atoms with Crippen LogP contribution in [-0.4, -0.2) is 52.3 Å². The van der Waals surface area contributed by atoms with Crippen LogP contribution in [0.3, 0.4) is 0 Å². The van der Waals surface area contributed by atoms with Crippen LogP contribution >= 0.6 is 11.8 Å². The Labute approximate surface area is 121 Å². The number of hydrogen-bond donors (Lipinski definition) is 1. The van der Waals surface area contributed by atoms with Crippen molar-refractivity contribution in [1.29, 1.82) is 5.26 Å². The van der Waals surface area contributed by atoms with Crippen LogP contribution in [0.1, 0.15) is 12.5 Å². The molecular weight excluding hydrogens is 278 g/mol. The molecule has 1 amide bonds. The first-order valence-corrected chi connectivity index (χ1v) is 7.05. The monoisotopic (exact) mass is 293 g/mol. The van der Waals surface area contributed by atoms with Gasteiger partial charge in [0.25, 0.3) is 0 Å². The first kappa shape index (κ1) is 14.6. The van der Waals surface area contributed by atoms with Gasteiger partial charge in [0.1, 0.15) is 17.5 Å². The van der Waals surface area contributed by atoms with Gasteiger partial charge in [0, 0.05) is 13.1 Å². The number of hydrogen-bond acceptors (Lipinski definition) is 7. The van der Waals surface area contributed by atoms with Gasteiger partial charge >= 0.3 is 0 Å². The highest BCUT2D eigenvalue weighted by Gasteiger charge is 2.24. The Hall–Kier alpha value is -1.85. The van der Waals surface area contributed by atoms with E-state index in [9.17, 15) is 4.79 Å². The molecule has 1 saturated heterocycles. The summed E-state index contributed by atoms with van der Waals surface area (Å²) in [6, 6.07) is 1.90. The molecule has 0 aromatic carbocycles. The van der Waals surface area contributed by atoms with E-state index in [1.54, 1.807) is 11.8 Å². The summed E-state index contributed by atoms with van der Waals surface area (Å²) in [5.41, 5.74) is 5.87. The summed E-state index contributed by atoms with van der Waals surface area (Å²) >= 11 is 1.24. The number of rotatable bonds is 3. The molecule has 1 aliphatic rings. The van der Waals surface area contributed by atoms with Gasteiger partial charge in [-0.1, -0.05) is 11.8 Å². The van der Waals surface area contributed by atoms with E-state index in [4.69, 9.17) is 15.7 Å². The lowest BCUT2D eigenvalue weighted by Gasteiger charge is -2.28. The molecule has 0 saturated carbocycles. The molecule has 7 nitrogen and oxygen atoms in total. The van der Waals surface area contributed by atoms with Gasteiger partial charge in [-0.2, -0.15) is 5.26 Å². The van der Waals surface area contributed by atoms with Gasteiger partial charge < -0.3 is 15.4 Å². The Morgan fingerprint density at radius 3 is 2.90 bits per heavy atom. The van der Waals surface area contributed by atoms with Crippen molar-refractivity contribution in [2.24, 2.45) is 0 Å². The molecule has 2 N–H and O–H groups in total. The van der Waals surface area contributed by atoms with Crippen LogP contribution in [0.15, 0.2) is 11.4 Å². The van der Waals surface area contributed by atoms with Crippen LogP contribution in [-0.2, 0) is 9.53 Å². The maximum absolute atomic E-state index is 12.2. The molecule has 2 heterocycles. The number of nitriles is 1. The summed E-state index contributed by atoms with van der Waals surface area (Å²) in [4.78, 5) is 22.0. The summed E-state index contributed by atoms with van der Waals surface area (Å²) in [6.07, 6.45) is 1.37. The normalized spacial score (nSPS) is 16.5. The van der Waals surface area contributed by atoms with E-state index in [2.05, 4.69) is 9.97 Å². The van der Waals surface area contributed by atoms with E-state index >= 15 is 0 Å². The van der Waals surface area contributed by atoms with Gasteiger partial charge in [0.15, 0.2) is 5.16 Å². The van der Waals surface area contributed by atoms with Gasteiger partial charge in [0.05, 0.1) is 24.7 Å². The minimum absolute atomic E-state index is 0.0323. The third-order valence-electron chi connectivity index (χ3n) is 2.87. The Balaban J connectivity index is 2.00. The van der Waals surface area contributed by atoms with Crippen molar-refractivity contribution >= 4 is 23.5 Å². The van der Waals surface area contributed by atoms with E-state index in [1.165, 1.54) is 18.0 Å². The number of nitrogens with zero attached hydrogens (tertiary/aromatic N) is 4. The van der Waals surface area contributed by atoms with E-state index in [0.29, 0.717) is 31.5 Å². The lowest BCUT2D eigenvalue weighted by molar-refractivity contribution is -0.134. The van der Waals surface area contributed by atoms with Crippen molar-refractivity contribution in [2.75, 3.05) is 32.0 Å². The van der Waals surface area contributed by atoms with Crippen LogP contribution in [0.5, 0.6) is 0 Å². The average molecular weight is 293 g/mol. The zero-order chi connectivity index (χ0) is 14.5. The van der Waals surface area contributed by atoms with Gasteiger partial charge in [-0.05, 0) is 6.92 Å². The molecule has 1 atom stereocenters. The maximum atomic E-state index is 12.2. The summed E-state index contributed by atoms with van der Waals surface area (Å²) in [5, 5.41) is 8.85. The zero-order valence-corrected chi connectivity index (χ0v) is 11.9. The fraction of sp³-hybridized carbons (Fsp3) is 0.500. The molecule has 106 valence electrons. The number of carbonyl (C=O) groups is 1. The predicted octanol–water partition coefficient (Wildman–Crippen LogP) is 0.270. The van der Waals surface area contributed by atoms with Crippen molar-refractivity contribution < 1.29 is 9.53 Å². The molecule has 1 fully saturated rings. The topological polar surface area (TPSA) is 105 Å². The van der Waals surface area contributed by atoms with Crippen LogP contribution < -0.4 is 5.73 Å². The molecule has 8 heteroatoms. The Kier molecular flexibility index (Phi) is 4.76. The molecule has 20 heavy (non-hydrogen) atoms. The van der Waals surface area contributed by atoms with Gasteiger partial charge in [0.2, 0.25) is 5.91 Å². The second-order valence-electron chi connectivity index (χ2n) is 4.26. The minimum Gasteiger partial charge on any atom is -0.382 e. The highest BCUT2D eigenvalue weighted by molar-refractivity contribution is 8.00. The van der Waals surface area contributed by atoms with Crippen molar-refractivity contribution in [2.45, 2.75) is 17.3 Å². The van der Waals surface area contributed by atoms with Crippen LogP contribution in [0.4, 0.5) is 5.82 Å². The summed E-state index contributed by atoms with van der Waals surface area (Å²) in [6.45, 7) is 4.17. The largest absolute Gasteiger partial charge is 0.382 e. The molecular formula is C12H15N5O2S. The fourth-order valence-corrected chi connectivity index (χ4v) is 2.60. The standard InChI is InChI=1S/C12H15N5O2S/c1-8(11(18)17-2-4-19-5-3-17)20-12-15-7-9(6-13)10(14)16-12/h7-8H,2-5H2,1H3,(H2,14,15,16). The van der Waals surface area contributed by atoms with E-state index in [-0.39, 0.29) is 22.5 Å². The quantitative estimate of drug-likeness (QED) is 0.630. The molecule has 2 rings (SSSR count). The molecule has 1 aromatic rings. The summed E-state index contributed by atoms with van der Waals surface area (Å²) in [7, 11) is 0. The number of nitrogen functional groups attached to an aromatic ring is 1. The van der Waals surface area contributed by atoms with E-state index in [1.807, 2.05) is 6.07 Å². The predicted molar refractivity (Wildman–Crippen MR) is 73.9 cm³/mol. The zero-order valence-electron chi connectivity index (χ0n) is 11.1. The second-order valence-corrected chi connectivity index (χ2v) is 5.57. The van der Waals surface area contributed by atoms with Crippen molar-refractivity contribution in [3.8, 4) is 6.07 Å². The Bertz CT molecular complexity index is 539. The van der Waals surface area contributed by atoms with Gasteiger partial charge in [-0.25, -0.2) is 9.97 Å². The molecule has 1 aliphatic heterocycles. The molecule has 1 unspecified atom stereocenters. The summed E-state index contributed by atoms with van der Waals surface area (Å²) < 4.78 is 5.22. The first-order chi connectivity index (χ1) is 9.61. The number of carbonyl (C=O) groups excluding carboxylic acids is 1. The molecule has 0 spiro atoms. The van der Waals surface area contributed by atoms with Crippen molar-refractivity contribution in [1.82, 2.24) is 14.9 Å². The third-order valence-corrected chi connectivity index (χ3v) is 3.83. The Morgan fingerprint density at radius 2 is 2.30 bits per heavy atom. The average Bonchev–Trinajstić information content (AvgIpc) is 2.47. The number of nitrogens with two attached hydrogens (primary N) is 1. The molecule has 1 aromatic heterocycles. The van der Waals surface area contributed by atoms with Gasteiger partial charge in [-0.3, -0.25) is 4.79 Å². The first-order valence-electron chi connectivity index (χ1n) is 6.17. The number of anilines is 1. The van der Waals surface area contributed by atoms with Crippen LogP contribution in [0.2, 0.25) is 0 Å². The highest BCUT2D eigenvalue weighted by atomic mass is 32.2. The highest BCUT2D eigenvalue weighted by Crippen LogP contribution is 2.22. The number of thioether (sulfide) groups is 1. The lowest BCUT2D eigenvalue weighted by atomic mass is 10.3. The van der Waals surface area contributed by atoms with Crippen molar-refractivity contribution in [3.05, 3.63) is 11.8 Å². The number of aromatic nitrogens is 2. The Morgan fingerprint density at radius 1 is 1.60 bits per heavy atom. The summed E-state index contributed by atoms with van der Waals surface area (Å²) in [5.74, 6) is 0.167. The molecule has 0 aliphatic carbocycles. The van der Waals surface area contributed by atoms with Gasteiger partial charge in [-0.15, -0.1) is 0 Å². The third kappa shape index (κ3) is 3.37. The number of ether oxygens (including phenoxy) is 1. The van der Waals surface area contributed by atoms with E-state index in [0.717, 1.165) is 0 Å². The van der Waals surface area contributed by atoms with Crippen LogP contribution in [0, 0.1) is 11.3 Å². The number of morpholine rings is 1. The molecule has 0 bridgehead atoms. The van der Waals surface area contributed by atoms with Crippen LogP contribution in [0.25, 0.3) is 0 Å². The fourth-order valence-electron chi connectivity index (χ4n) is 1.77. The number of amides is 1. The minimum atomic E-state index is -0.305. The second kappa shape index (κ2) is 6.54. The lowest BCUT2D eigenvalue weighted by Crippen LogP contribution is -2.44. The smallest absolute Gasteiger partial charge is 0.236 e. The molecule has 0 radical (unpaired) electrons. The SMILES string of the molecule is CC(Sc1ncc(C#N)c(N)n1)C(=O)N1CCOCC1. The van der Waals surface area contributed by atoms with E-state index < -0.39 is 0 Å².